The molecule has 1 saturated heterocycles. The van der Waals surface area contributed by atoms with Crippen molar-refractivity contribution in [3.63, 3.8) is 0 Å². The molecule has 6 nitrogen and oxygen atoms in total. The van der Waals surface area contributed by atoms with Gasteiger partial charge in [-0.3, -0.25) is 0 Å². The van der Waals surface area contributed by atoms with E-state index < -0.39 is 15.1 Å². The first-order valence-corrected chi connectivity index (χ1v) is 9.36. The minimum absolute atomic E-state index is 0.236. The van der Waals surface area contributed by atoms with Gasteiger partial charge in [0.1, 0.15) is 5.82 Å². The van der Waals surface area contributed by atoms with E-state index in [1.807, 2.05) is 11.9 Å². The first-order valence-electron chi connectivity index (χ1n) is 7.40. The van der Waals surface area contributed by atoms with Crippen molar-refractivity contribution < 1.29 is 17.6 Å². The zero-order valence-corrected chi connectivity index (χ0v) is 14.1. The van der Waals surface area contributed by atoms with Crippen molar-refractivity contribution in [1.82, 2.24) is 15.1 Å². The lowest BCUT2D eigenvalue weighted by molar-refractivity contribution is 0.168. The molecule has 0 atom stereocenters. The summed E-state index contributed by atoms with van der Waals surface area (Å²) in [5.74, 6) is -0.259. The highest BCUT2D eigenvalue weighted by Gasteiger charge is 2.37. The molecule has 0 unspecified atom stereocenters. The Bertz CT molecular complexity index is 642. The largest absolute Gasteiger partial charge is 0.337 e. The summed E-state index contributed by atoms with van der Waals surface area (Å²) in [5.41, 5.74) is 0.999. The van der Waals surface area contributed by atoms with Gasteiger partial charge in [0.2, 0.25) is 0 Å². The maximum absolute atomic E-state index is 12.8. The number of likely N-dealkylation sites (N-methyl/N-ethyl adjacent to an activating group) is 1. The molecule has 0 bridgehead atoms. The van der Waals surface area contributed by atoms with Crippen molar-refractivity contribution in [3.05, 3.63) is 35.6 Å². The fraction of sp³-hybridized carbons (Fsp3) is 0.533. The van der Waals surface area contributed by atoms with Gasteiger partial charge >= 0.3 is 6.03 Å². The number of rotatable bonds is 6. The molecule has 2 rings (SSSR count). The van der Waals surface area contributed by atoms with Gasteiger partial charge in [0.15, 0.2) is 9.84 Å². The number of likely N-dealkylation sites (tertiary alicyclic amines) is 1. The van der Waals surface area contributed by atoms with Gasteiger partial charge in [-0.1, -0.05) is 12.1 Å². The van der Waals surface area contributed by atoms with Crippen LogP contribution in [0.25, 0.3) is 0 Å². The lowest BCUT2D eigenvalue weighted by atomic mass is 10.2. The molecule has 1 aromatic carbocycles. The smallest absolute Gasteiger partial charge is 0.317 e. The Kier molecular flexibility index (Phi) is 5.59. The molecule has 8 heteroatoms. The van der Waals surface area contributed by atoms with Crippen LogP contribution in [-0.4, -0.2) is 69.0 Å². The summed E-state index contributed by atoms with van der Waals surface area (Å²) in [4.78, 5) is 15.3. The number of hydrogen-bond donors (Lipinski definition) is 1. The van der Waals surface area contributed by atoms with Gasteiger partial charge in [-0.05, 0) is 24.7 Å². The molecule has 128 valence electrons. The highest BCUT2D eigenvalue weighted by molar-refractivity contribution is 7.91. The van der Waals surface area contributed by atoms with Crippen LogP contribution in [0, 0.1) is 5.82 Å². The fourth-order valence-corrected chi connectivity index (χ4v) is 3.22. The minimum Gasteiger partial charge on any atom is -0.337 e. The van der Waals surface area contributed by atoms with E-state index in [-0.39, 0.29) is 24.9 Å². The van der Waals surface area contributed by atoms with Crippen molar-refractivity contribution in [1.29, 1.82) is 0 Å². The van der Waals surface area contributed by atoms with Crippen molar-refractivity contribution in [3.8, 4) is 0 Å². The average Bonchev–Trinajstić information content (AvgIpc) is 2.38. The lowest BCUT2D eigenvalue weighted by Crippen LogP contribution is -2.59. The van der Waals surface area contributed by atoms with Crippen molar-refractivity contribution in [2.75, 3.05) is 39.5 Å². The van der Waals surface area contributed by atoms with Gasteiger partial charge in [0.25, 0.3) is 0 Å². The minimum atomic E-state index is -3.06. The quantitative estimate of drug-likeness (QED) is 0.825. The number of halogens is 1. The van der Waals surface area contributed by atoms with Crippen LogP contribution in [0.1, 0.15) is 5.56 Å². The van der Waals surface area contributed by atoms with Gasteiger partial charge in [0.05, 0.1) is 5.25 Å². The monoisotopic (exact) mass is 343 g/mol. The van der Waals surface area contributed by atoms with Crippen molar-refractivity contribution in [2.24, 2.45) is 0 Å². The van der Waals surface area contributed by atoms with E-state index >= 15 is 0 Å². The molecule has 1 aromatic rings. The number of benzene rings is 1. The normalized spacial score (nSPS) is 15.6. The summed E-state index contributed by atoms with van der Waals surface area (Å²) in [5, 5.41) is 2.34. The van der Waals surface area contributed by atoms with E-state index in [2.05, 4.69) is 5.32 Å². The Morgan fingerprint density at radius 1 is 1.35 bits per heavy atom. The summed E-state index contributed by atoms with van der Waals surface area (Å²) in [6.07, 6.45) is 1.19. The summed E-state index contributed by atoms with van der Waals surface area (Å²) >= 11 is 0. The molecule has 1 aliphatic rings. The van der Waals surface area contributed by atoms with Gasteiger partial charge in [0, 0.05) is 39.0 Å². The molecule has 2 amide bonds. The summed E-state index contributed by atoms with van der Waals surface area (Å²) in [6, 6.07) is 6.08. The van der Waals surface area contributed by atoms with E-state index in [4.69, 9.17) is 0 Å². The predicted molar refractivity (Wildman–Crippen MR) is 86.3 cm³/mol. The third-order valence-electron chi connectivity index (χ3n) is 3.88. The fourth-order valence-electron chi connectivity index (χ4n) is 2.32. The molecule has 0 radical (unpaired) electrons. The SMILES string of the molecule is CN(CCNC(=O)N1CC(S(C)(=O)=O)C1)Cc1ccc(F)cc1. The number of carbonyl (C=O) groups is 1. The second kappa shape index (κ2) is 7.27. The van der Waals surface area contributed by atoms with E-state index in [1.54, 1.807) is 12.1 Å². The molecular formula is C15H22FN3O3S. The molecule has 0 aromatic heterocycles. The number of urea groups is 1. The van der Waals surface area contributed by atoms with Crippen molar-refractivity contribution >= 4 is 15.9 Å². The molecule has 0 aliphatic carbocycles. The number of hydrogen-bond acceptors (Lipinski definition) is 4. The first kappa shape index (κ1) is 17.7. The molecule has 0 saturated carbocycles. The molecule has 1 heterocycles. The zero-order chi connectivity index (χ0) is 17.0. The van der Waals surface area contributed by atoms with Crippen LogP contribution in [0.4, 0.5) is 9.18 Å². The molecule has 1 fully saturated rings. The third kappa shape index (κ3) is 5.18. The van der Waals surface area contributed by atoms with E-state index in [1.165, 1.54) is 23.3 Å². The van der Waals surface area contributed by atoms with Gasteiger partial charge < -0.3 is 15.1 Å². The van der Waals surface area contributed by atoms with E-state index in [0.717, 1.165) is 5.56 Å². The Hall–Kier alpha value is -1.67. The van der Waals surface area contributed by atoms with Crippen molar-refractivity contribution in [2.45, 2.75) is 11.8 Å². The molecule has 0 spiro atoms. The second-order valence-electron chi connectivity index (χ2n) is 5.95. The Labute approximate surface area is 136 Å². The van der Waals surface area contributed by atoms with Crippen LogP contribution in [0.2, 0.25) is 0 Å². The maximum Gasteiger partial charge on any atom is 0.317 e. The van der Waals surface area contributed by atoms with Gasteiger partial charge in [-0.25, -0.2) is 17.6 Å². The topological polar surface area (TPSA) is 69.7 Å². The number of nitrogens with zero attached hydrogens (tertiary/aromatic N) is 2. The Morgan fingerprint density at radius 2 is 1.96 bits per heavy atom. The van der Waals surface area contributed by atoms with E-state index in [0.29, 0.717) is 19.6 Å². The average molecular weight is 343 g/mol. The van der Waals surface area contributed by atoms with Crippen LogP contribution in [0.15, 0.2) is 24.3 Å². The molecule has 23 heavy (non-hydrogen) atoms. The number of nitrogens with one attached hydrogen (secondary N) is 1. The first-order chi connectivity index (χ1) is 10.8. The zero-order valence-electron chi connectivity index (χ0n) is 13.3. The van der Waals surface area contributed by atoms with Crippen LogP contribution < -0.4 is 5.32 Å². The molecule has 1 aliphatic heterocycles. The molecular weight excluding hydrogens is 321 g/mol. The van der Waals surface area contributed by atoms with Crippen LogP contribution in [0.5, 0.6) is 0 Å². The number of sulfone groups is 1. The second-order valence-corrected chi connectivity index (χ2v) is 8.28. The van der Waals surface area contributed by atoms with Crippen LogP contribution in [-0.2, 0) is 16.4 Å². The highest BCUT2D eigenvalue weighted by atomic mass is 32.2. The predicted octanol–water partition coefficient (Wildman–Crippen LogP) is 0.696. The summed E-state index contributed by atoms with van der Waals surface area (Å²) in [6.45, 7) is 2.30. The summed E-state index contributed by atoms with van der Waals surface area (Å²) < 4.78 is 35.4. The van der Waals surface area contributed by atoms with Gasteiger partial charge in [-0.2, -0.15) is 0 Å². The third-order valence-corrected chi connectivity index (χ3v) is 5.39. The standard InChI is InChI=1S/C15H22FN3O3S/c1-18(9-12-3-5-13(16)6-4-12)8-7-17-15(20)19-10-14(11-19)23(2,21)22/h3-6,14H,7-11H2,1-2H3,(H,17,20). The number of carbonyl (C=O) groups excluding carboxylic acids is 1. The Morgan fingerprint density at radius 3 is 2.52 bits per heavy atom. The van der Waals surface area contributed by atoms with Crippen LogP contribution >= 0.6 is 0 Å². The lowest BCUT2D eigenvalue weighted by Gasteiger charge is -2.37. The maximum atomic E-state index is 12.8. The number of amides is 2. The summed E-state index contributed by atoms with van der Waals surface area (Å²) in [7, 11) is -1.15. The van der Waals surface area contributed by atoms with Gasteiger partial charge in [-0.15, -0.1) is 0 Å². The van der Waals surface area contributed by atoms with Crippen LogP contribution in [0.3, 0.4) is 0 Å². The molecule has 1 N–H and O–H groups in total. The van der Waals surface area contributed by atoms with E-state index in [9.17, 15) is 17.6 Å². The highest BCUT2D eigenvalue weighted by Crippen LogP contribution is 2.15. The Balaban J connectivity index is 1.65.